The largest absolute Gasteiger partial charge is 0.472 e. The van der Waals surface area contributed by atoms with Crippen LogP contribution in [0.2, 0.25) is 0 Å². The number of ketones is 1. The van der Waals surface area contributed by atoms with Gasteiger partial charge in [0.05, 0.1) is 42.2 Å². The molecule has 1 aromatic carbocycles. The van der Waals surface area contributed by atoms with Crippen LogP contribution >= 0.6 is 0 Å². The van der Waals surface area contributed by atoms with Gasteiger partial charge in [0.15, 0.2) is 5.78 Å². The maximum Gasteiger partial charge on any atom is 0.306 e. The molecule has 0 unspecified atom stereocenters. The van der Waals surface area contributed by atoms with Gasteiger partial charge in [-0.05, 0) is 67.2 Å². The van der Waals surface area contributed by atoms with Gasteiger partial charge in [-0.25, -0.2) is 13.4 Å². The summed E-state index contributed by atoms with van der Waals surface area (Å²) >= 11 is 0. The van der Waals surface area contributed by atoms with Crippen molar-refractivity contribution in [2.75, 3.05) is 19.7 Å². The topological polar surface area (TPSA) is 178 Å². The van der Waals surface area contributed by atoms with Crippen LogP contribution in [0.4, 0.5) is 0 Å². The average molecular weight is 719 g/mol. The molecular formula is C37H42N4O9S. The smallest absolute Gasteiger partial charge is 0.306 e. The Morgan fingerprint density at radius 1 is 1.14 bits per heavy atom. The molecule has 0 radical (unpaired) electrons. The van der Waals surface area contributed by atoms with Crippen molar-refractivity contribution in [1.82, 2.24) is 19.9 Å². The quantitative estimate of drug-likeness (QED) is 0.211. The van der Waals surface area contributed by atoms with Crippen LogP contribution in [-0.2, 0) is 38.7 Å². The lowest BCUT2D eigenvalue weighted by atomic mass is 9.91. The minimum Gasteiger partial charge on any atom is -0.472 e. The molecule has 1 saturated heterocycles. The van der Waals surface area contributed by atoms with E-state index < -0.39 is 74.1 Å². The number of allylic oxidation sites excluding steroid dienone is 2. The lowest BCUT2D eigenvalue weighted by molar-refractivity contribution is -0.150. The first-order chi connectivity index (χ1) is 24.4. The first kappa shape index (κ1) is 36.0. The molecular weight excluding hydrogens is 676 g/mol. The Morgan fingerprint density at radius 2 is 1.94 bits per heavy atom. The molecule has 2 N–H and O–H groups in total. The van der Waals surface area contributed by atoms with Crippen LogP contribution in [0, 0.1) is 17.3 Å². The molecule has 1 aromatic heterocycles. The number of nitrogens with zero attached hydrogens (tertiary/aromatic N) is 2. The number of esters is 1. The number of fused-ring (bicyclic) bond motifs is 3. The van der Waals surface area contributed by atoms with Crippen LogP contribution < -0.4 is 14.8 Å². The first-order valence-electron chi connectivity index (χ1n) is 17.2. The molecule has 13 nitrogen and oxygen atoms in total. The summed E-state index contributed by atoms with van der Waals surface area (Å²) in [5, 5.41) is 3.58. The summed E-state index contributed by atoms with van der Waals surface area (Å²) in [5.74, 6) is -4.18. The Morgan fingerprint density at radius 3 is 2.67 bits per heavy atom. The predicted octanol–water partition coefficient (Wildman–Crippen LogP) is 3.00. The summed E-state index contributed by atoms with van der Waals surface area (Å²) in [6.45, 7) is 7.09. The van der Waals surface area contributed by atoms with Crippen LogP contribution in [0.25, 0.3) is 16.8 Å². The van der Waals surface area contributed by atoms with Crippen molar-refractivity contribution in [1.29, 1.82) is 0 Å². The summed E-state index contributed by atoms with van der Waals surface area (Å²) in [6, 6.07) is 6.63. The number of sulfonamides is 1. The van der Waals surface area contributed by atoms with Gasteiger partial charge in [-0.15, -0.1) is 6.58 Å². The number of benzene rings is 1. The van der Waals surface area contributed by atoms with Crippen molar-refractivity contribution in [2.45, 2.75) is 68.8 Å². The normalized spacial score (nSPS) is 27.3. The Balaban J connectivity index is 1.32. The van der Waals surface area contributed by atoms with Crippen molar-refractivity contribution >= 4 is 56.3 Å². The van der Waals surface area contributed by atoms with Gasteiger partial charge in [0, 0.05) is 31.0 Å². The number of ether oxygens (including phenoxy) is 2. The highest BCUT2D eigenvalue weighted by atomic mass is 32.2. The summed E-state index contributed by atoms with van der Waals surface area (Å²) in [6.07, 6.45) is 9.13. The molecule has 51 heavy (non-hydrogen) atoms. The van der Waals surface area contributed by atoms with Crippen LogP contribution in [0.3, 0.4) is 0 Å². The van der Waals surface area contributed by atoms with E-state index in [0.29, 0.717) is 31.6 Å². The van der Waals surface area contributed by atoms with Crippen LogP contribution in [0.1, 0.15) is 56.9 Å². The number of cyclic esters (lactones) is 1. The van der Waals surface area contributed by atoms with Gasteiger partial charge in [-0.1, -0.05) is 36.9 Å². The number of nitrogens with one attached hydrogen (secondary N) is 2. The van der Waals surface area contributed by atoms with E-state index in [-0.39, 0.29) is 45.4 Å². The summed E-state index contributed by atoms with van der Waals surface area (Å²) in [5.41, 5.74) is -0.421. The molecule has 4 bridgehead atoms. The van der Waals surface area contributed by atoms with E-state index in [9.17, 15) is 32.4 Å². The highest BCUT2D eigenvalue weighted by Gasteiger charge is 2.61. The molecule has 0 spiro atoms. The molecule has 3 heterocycles. The van der Waals surface area contributed by atoms with E-state index in [1.165, 1.54) is 11.0 Å². The molecule has 270 valence electrons. The SMILES string of the molecule is C=CC(=O)NC[C@@H]1CC(=O)OCCC/C=C/c2ccc3ccnc(c3c2)O[C@@H]2C[C@@H](C(=O)C[C@]3(C(=O)NS(=O)(=O)C4CC4)C[C@H]3C=C)N(C2)C1=O. The molecule has 2 aliphatic carbocycles. The molecule has 2 aliphatic heterocycles. The summed E-state index contributed by atoms with van der Waals surface area (Å²) in [7, 11) is -3.87. The molecule has 3 fully saturated rings. The third-order valence-corrected chi connectivity index (χ3v) is 11.9. The van der Waals surface area contributed by atoms with E-state index in [1.807, 2.05) is 36.4 Å². The molecule has 5 atom stereocenters. The number of rotatable bonds is 10. The summed E-state index contributed by atoms with van der Waals surface area (Å²) in [4.78, 5) is 73.0. The number of amides is 3. The maximum absolute atomic E-state index is 14.3. The fourth-order valence-corrected chi connectivity index (χ4v) is 8.28. The van der Waals surface area contributed by atoms with Gasteiger partial charge in [-0.3, -0.25) is 28.7 Å². The molecule has 2 saturated carbocycles. The standard InChI is InChI=1S/C37H42N4O9S/c1-3-26-19-37(26,36(46)40-51(47,48)28-11-12-28)20-31(42)30-18-27-22-41(30)35(45)25(21-39-32(43)4-2)17-33(44)49-15-7-5-6-8-23-9-10-24-13-14-38-34(50-27)29(24)16-23/h3-4,6,8-10,13-14,16,25-28,30H,1-2,5,7,11-12,15,17-22H2,(H,39,43)(H,40,46)/b8-6+/t25-,26+,27+,30-,37+/m0/s1. The lowest BCUT2D eigenvalue weighted by Gasteiger charge is -2.29. The number of hydrogen-bond donors (Lipinski definition) is 2. The number of pyridine rings is 1. The monoisotopic (exact) mass is 718 g/mol. The highest BCUT2D eigenvalue weighted by molar-refractivity contribution is 7.90. The Hall–Kier alpha value is -4.85. The zero-order valence-corrected chi connectivity index (χ0v) is 29.1. The fourth-order valence-electron chi connectivity index (χ4n) is 6.90. The van der Waals surface area contributed by atoms with Gasteiger partial charge in [0.25, 0.3) is 0 Å². The van der Waals surface area contributed by atoms with Gasteiger partial charge in [0.2, 0.25) is 33.6 Å². The second-order valence-electron chi connectivity index (χ2n) is 13.7. The van der Waals surface area contributed by atoms with E-state index in [1.54, 1.807) is 6.20 Å². The summed E-state index contributed by atoms with van der Waals surface area (Å²) < 4.78 is 39.4. The van der Waals surface area contributed by atoms with E-state index in [2.05, 4.69) is 28.2 Å². The van der Waals surface area contributed by atoms with E-state index >= 15 is 0 Å². The second-order valence-corrected chi connectivity index (χ2v) is 15.7. The van der Waals surface area contributed by atoms with Gasteiger partial charge in [0.1, 0.15) is 6.10 Å². The third kappa shape index (κ3) is 8.06. The number of aromatic nitrogens is 1. The van der Waals surface area contributed by atoms with Crippen molar-refractivity contribution in [3.63, 3.8) is 0 Å². The van der Waals surface area contributed by atoms with Crippen molar-refractivity contribution in [3.05, 3.63) is 67.4 Å². The predicted molar refractivity (Wildman–Crippen MR) is 187 cm³/mol. The Labute approximate surface area is 296 Å². The molecule has 6 rings (SSSR count). The first-order valence-corrected chi connectivity index (χ1v) is 18.8. The zero-order valence-electron chi connectivity index (χ0n) is 28.3. The van der Waals surface area contributed by atoms with E-state index in [0.717, 1.165) is 22.4 Å². The Bertz CT molecular complexity index is 1910. The van der Waals surface area contributed by atoms with Crippen LogP contribution in [0.15, 0.2) is 61.8 Å². The van der Waals surface area contributed by atoms with Gasteiger partial charge < -0.3 is 19.7 Å². The van der Waals surface area contributed by atoms with Crippen LogP contribution in [0.5, 0.6) is 5.88 Å². The fraction of sp³-hybridized carbons (Fsp3) is 0.459. The average Bonchev–Trinajstić information content (AvgIpc) is 4.04. The highest BCUT2D eigenvalue weighted by Crippen LogP contribution is 2.57. The minimum atomic E-state index is -3.87. The number of hydrogen-bond acceptors (Lipinski definition) is 10. The molecule has 14 heteroatoms. The second kappa shape index (κ2) is 14.8. The zero-order chi connectivity index (χ0) is 36.3. The number of carbonyl (C=O) groups excluding carboxylic acids is 5. The minimum absolute atomic E-state index is 0.0476. The molecule has 3 amide bonds. The van der Waals surface area contributed by atoms with Crippen molar-refractivity contribution in [2.24, 2.45) is 17.3 Å². The van der Waals surface area contributed by atoms with E-state index in [4.69, 9.17) is 9.47 Å². The molecule has 4 aliphatic rings. The molecule has 2 aromatic rings. The maximum atomic E-state index is 14.3. The van der Waals surface area contributed by atoms with Gasteiger partial charge in [-0.2, -0.15) is 0 Å². The van der Waals surface area contributed by atoms with Crippen molar-refractivity contribution < 1.29 is 41.9 Å². The Kier molecular flexibility index (Phi) is 10.4. The van der Waals surface area contributed by atoms with Gasteiger partial charge >= 0.3 is 5.97 Å². The van der Waals surface area contributed by atoms with Crippen LogP contribution in [-0.4, -0.2) is 84.9 Å². The van der Waals surface area contributed by atoms with Crippen molar-refractivity contribution in [3.8, 4) is 5.88 Å². The number of Topliss-reactive ketones (excluding diaryl/α,β-unsaturated/α-hetero) is 1. The lowest BCUT2D eigenvalue weighted by Crippen LogP contribution is -2.48. The number of carbonyl (C=O) groups is 5. The third-order valence-electron chi connectivity index (χ3n) is 10.1.